The quantitative estimate of drug-likeness (QED) is 0.804. The number of hydrogen-bond acceptors (Lipinski definition) is 4. The summed E-state index contributed by atoms with van der Waals surface area (Å²) in [5, 5.41) is 0. The van der Waals surface area contributed by atoms with Crippen molar-refractivity contribution in [2.45, 2.75) is 57.4 Å². The van der Waals surface area contributed by atoms with Crippen LogP contribution in [0.3, 0.4) is 0 Å². The smallest absolute Gasteiger partial charge is 0.274 e. The molecule has 3 heterocycles. The van der Waals surface area contributed by atoms with E-state index < -0.39 is 0 Å². The first kappa shape index (κ1) is 18.7. The highest BCUT2D eigenvalue weighted by molar-refractivity contribution is 5.92. The van der Waals surface area contributed by atoms with Crippen LogP contribution < -0.4 is 0 Å². The number of amides is 1. The maximum Gasteiger partial charge on any atom is 0.274 e. The van der Waals surface area contributed by atoms with E-state index in [-0.39, 0.29) is 5.91 Å². The van der Waals surface area contributed by atoms with Gasteiger partial charge in [-0.25, -0.2) is 4.98 Å². The lowest BCUT2D eigenvalue weighted by molar-refractivity contribution is 0.0786. The number of carbonyl (C=O) groups excluding carboxylic acids is 1. The van der Waals surface area contributed by atoms with Gasteiger partial charge in [-0.1, -0.05) is 24.6 Å². The van der Waals surface area contributed by atoms with Crippen LogP contribution in [0.25, 0.3) is 0 Å². The monoisotopic (exact) mass is 390 g/mol. The Morgan fingerprint density at radius 3 is 2.41 bits per heavy atom. The number of benzene rings is 1. The fourth-order valence-electron chi connectivity index (χ4n) is 4.87. The molecule has 5 heteroatoms. The Bertz CT molecular complexity index is 869. The molecule has 152 valence electrons. The van der Waals surface area contributed by atoms with Crippen molar-refractivity contribution >= 4 is 5.91 Å². The van der Waals surface area contributed by atoms with Gasteiger partial charge in [0.05, 0.1) is 11.9 Å². The Balaban J connectivity index is 1.24. The van der Waals surface area contributed by atoms with Crippen molar-refractivity contribution in [2.75, 3.05) is 26.2 Å². The van der Waals surface area contributed by atoms with E-state index in [0.717, 1.165) is 50.5 Å². The molecule has 0 spiro atoms. The summed E-state index contributed by atoms with van der Waals surface area (Å²) in [5.41, 5.74) is 5.68. The standard InChI is InChI=1S/C24H30N4O/c29-24(28-10-1-2-11-28)23-17-25-21(16-26-23)15-18-6-7-19-8-12-27(22-4-3-5-22)13-9-20(19)14-18/h6-7,14,16-17,22H,1-5,8-13,15H2. The van der Waals surface area contributed by atoms with E-state index in [9.17, 15) is 4.79 Å². The van der Waals surface area contributed by atoms with Crippen molar-refractivity contribution in [2.24, 2.45) is 0 Å². The predicted octanol–water partition coefficient (Wildman–Crippen LogP) is 3.26. The van der Waals surface area contributed by atoms with Gasteiger partial charge in [0, 0.05) is 44.8 Å². The highest BCUT2D eigenvalue weighted by atomic mass is 16.2. The summed E-state index contributed by atoms with van der Waals surface area (Å²) >= 11 is 0. The van der Waals surface area contributed by atoms with Crippen molar-refractivity contribution in [3.63, 3.8) is 0 Å². The average Bonchev–Trinajstić information content (AvgIpc) is 3.17. The van der Waals surface area contributed by atoms with Crippen LogP contribution in [0.4, 0.5) is 0 Å². The Morgan fingerprint density at radius 1 is 0.931 bits per heavy atom. The largest absolute Gasteiger partial charge is 0.337 e. The van der Waals surface area contributed by atoms with Gasteiger partial charge in [-0.3, -0.25) is 14.7 Å². The molecule has 2 aliphatic heterocycles. The molecule has 1 saturated heterocycles. The fourth-order valence-corrected chi connectivity index (χ4v) is 4.87. The van der Waals surface area contributed by atoms with Gasteiger partial charge in [0.25, 0.3) is 5.91 Å². The van der Waals surface area contributed by atoms with Crippen LogP contribution in [0, 0.1) is 0 Å². The van der Waals surface area contributed by atoms with Gasteiger partial charge in [0.2, 0.25) is 0 Å². The van der Waals surface area contributed by atoms with E-state index in [2.05, 4.69) is 33.1 Å². The first-order valence-electron chi connectivity index (χ1n) is 11.2. The van der Waals surface area contributed by atoms with E-state index in [1.54, 1.807) is 12.4 Å². The molecule has 0 bridgehead atoms. The van der Waals surface area contributed by atoms with Gasteiger partial charge in [0.1, 0.15) is 5.69 Å². The van der Waals surface area contributed by atoms with Gasteiger partial charge in [0.15, 0.2) is 0 Å². The number of fused-ring (bicyclic) bond motifs is 1. The molecule has 0 atom stereocenters. The normalized spacial score (nSPS) is 20.2. The number of aromatic nitrogens is 2. The van der Waals surface area contributed by atoms with Crippen LogP contribution >= 0.6 is 0 Å². The molecule has 0 radical (unpaired) electrons. The predicted molar refractivity (Wildman–Crippen MR) is 113 cm³/mol. The summed E-state index contributed by atoms with van der Waals surface area (Å²) in [7, 11) is 0. The maximum atomic E-state index is 12.4. The third-order valence-electron chi connectivity index (χ3n) is 6.90. The van der Waals surface area contributed by atoms with Gasteiger partial charge < -0.3 is 4.90 Å². The van der Waals surface area contributed by atoms with Crippen LogP contribution in [0.15, 0.2) is 30.6 Å². The minimum absolute atomic E-state index is 0.0163. The molecule has 1 aromatic carbocycles. The zero-order chi connectivity index (χ0) is 19.6. The zero-order valence-electron chi connectivity index (χ0n) is 17.1. The number of hydrogen-bond donors (Lipinski definition) is 0. The minimum Gasteiger partial charge on any atom is -0.337 e. The zero-order valence-corrected chi connectivity index (χ0v) is 17.1. The molecule has 1 saturated carbocycles. The van der Waals surface area contributed by atoms with Gasteiger partial charge in [-0.15, -0.1) is 0 Å². The van der Waals surface area contributed by atoms with E-state index in [4.69, 9.17) is 0 Å². The van der Waals surface area contributed by atoms with Crippen LogP contribution in [-0.2, 0) is 19.3 Å². The molecule has 0 unspecified atom stereocenters. The van der Waals surface area contributed by atoms with Crippen molar-refractivity contribution in [1.29, 1.82) is 0 Å². The van der Waals surface area contributed by atoms with Crippen LogP contribution in [-0.4, -0.2) is 57.9 Å². The highest BCUT2D eigenvalue weighted by Gasteiger charge is 2.26. The summed E-state index contributed by atoms with van der Waals surface area (Å²) < 4.78 is 0. The van der Waals surface area contributed by atoms with E-state index in [1.165, 1.54) is 55.5 Å². The first-order chi connectivity index (χ1) is 14.3. The van der Waals surface area contributed by atoms with Crippen LogP contribution in [0.5, 0.6) is 0 Å². The van der Waals surface area contributed by atoms with Gasteiger partial charge in [-0.05, 0) is 55.2 Å². The van der Waals surface area contributed by atoms with Crippen LogP contribution in [0.1, 0.15) is 65.0 Å². The molecular weight excluding hydrogens is 360 g/mol. The van der Waals surface area contributed by atoms with E-state index >= 15 is 0 Å². The third kappa shape index (κ3) is 4.06. The van der Waals surface area contributed by atoms with Crippen molar-refractivity contribution in [1.82, 2.24) is 19.8 Å². The molecule has 5 nitrogen and oxygen atoms in total. The fraction of sp³-hybridized carbons (Fsp3) is 0.542. The van der Waals surface area contributed by atoms with Crippen LogP contribution in [0.2, 0.25) is 0 Å². The second-order valence-electron chi connectivity index (χ2n) is 8.79. The second-order valence-corrected chi connectivity index (χ2v) is 8.79. The number of rotatable bonds is 4. The molecule has 2 fully saturated rings. The van der Waals surface area contributed by atoms with Crippen molar-refractivity contribution < 1.29 is 4.79 Å². The molecule has 0 N–H and O–H groups in total. The topological polar surface area (TPSA) is 49.3 Å². The lowest BCUT2D eigenvalue weighted by Gasteiger charge is -2.36. The van der Waals surface area contributed by atoms with Crippen molar-refractivity contribution in [3.05, 3.63) is 58.7 Å². The SMILES string of the molecule is O=C(c1cnc(Cc2ccc3c(c2)CCN(C2CCC2)CC3)cn1)N1CCCC1. The maximum absolute atomic E-state index is 12.4. The summed E-state index contributed by atoms with van der Waals surface area (Å²) in [5.74, 6) is 0.0163. The van der Waals surface area contributed by atoms with Crippen molar-refractivity contribution in [3.8, 4) is 0 Å². The van der Waals surface area contributed by atoms with E-state index in [0.29, 0.717) is 5.69 Å². The summed E-state index contributed by atoms with van der Waals surface area (Å²) in [6.45, 7) is 4.08. The molecule has 2 aromatic rings. The number of likely N-dealkylation sites (tertiary alicyclic amines) is 1. The van der Waals surface area contributed by atoms with Gasteiger partial charge >= 0.3 is 0 Å². The van der Waals surface area contributed by atoms with Gasteiger partial charge in [-0.2, -0.15) is 0 Å². The number of nitrogens with zero attached hydrogens (tertiary/aromatic N) is 4. The molecule has 29 heavy (non-hydrogen) atoms. The minimum atomic E-state index is 0.0163. The lowest BCUT2D eigenvalue weighted by atomic mass is 9.91. The second kappa shape index (κ2) is 8.23. The molecule has 1 aliphatic carbocycles. The Morgan fingerprint density at radius 2 is 1.72 bits per heavy atom. The summed E-state index contributed by atoms with van der Waals surface area (Å²) in [6.07, 6.45) is 12.9. The number of carbonyl (C=O) groups is 1. The average molecular weight is 391 g/mol. The molecule has 1 amide bonds. The summed E-state index contributed by atoms with van der Waals surface area (Å²) in [4.78, 5) is 25.9. The molecule has 1 aromatic heterocycles. The Labute approximate surface area is 173 Å². The highest BCUT2D eigenvalue weighted by Crippen LogP contribution is 2.28. The Hall–Kier alpha value is -2.27. The van der Waals surface area contributed by atoms with E-state index in [1.807, 2.05) is 4.90 Å². The lowest BCUT2D eigenvalue weighted by Crippen LogP contribution is -2.41. The first-order valence-corrected chi connectivity index (χ1v) is 11.2. The Kier molecular flexibility index (Phi) is 5.32. The molecule has 3 aliphatic rings. The molecule has 5 rings (SSSR count). The third-order valence-corrected chi connectivity index (χ3v) is 6.90. The summed E-state index contributed by atoms with van der Waals surface area (Å²) in [6, 6.07) is 7.75. The molecular formula is C24H30N4O.